The van der Waals surface area contributed by atoms with Crippen LogP contribution in [0.25, 0.3) is 21.5 Å². The van der Waals surface area contributed by atoms with Gasteiger partial charge in [-0.05, 0) is 86.4 Å². The van der Waals surface area contributed by atoms with Gasteiger partial charge in [0.1, 0.15) is 5.60 Å². The first-order valence-electron chi connectivity index (χ1n) is 11.2. The van der Waals surface area contributed by atoms with Gasteiger partial charge in [0.05, 0.1) is 6.54 Å². The summed E-state index contributed by atoms with van der Waals surface area (Å²) in [4.78, 5) is 14.9. The summed E-state index contributed by atoms with van der Waals surface area (Å²) in [5.41, 5.74) is 6.19. The van der Waals surface area contributed by atoms with Crippen LogP contribution in [0.5, 0.6) is 0 Å². The summed E-state index contributed by atoms with van der Waals surface area (Å²) >= 11 is 0. The van der Waals surface area contributed by atoms with E-state index in [-0.39, 0.29) is 6.09 Å². The minimum atomic E-state index is -0.532. The molecule has 0 aromatic heterocycles. The van der Waals surface area contributed by atoms with Crippen molar-refractivity contribution in [2.75, 3.05) is 26.2 Å². The smallest absolute Gasteiger partial charge is 0.410 e. The maximum atomic E-state index is 13.1. The van der Waals surface area contributed by atoms with Gasteiger partial charge in [0.2, 0.25) is 0 Å². The molecule has 0 fully saturated rings. The highest BCUT2D eigenvalue weighted by Crippen LogP contribution is 2.30. The average Bonchev–Trinajstić information content (AvgIpc) is 2.73. The van der Waals surface area contributed by atoms with E-state index in [4.69, 9.17) is 10.5 Å². The molecule has 0 unspecified atom stereocenters. The van der Waals surface area contributed by atoms with Crippen molar-refractivity contribution in [2.24, 2.45) is 5.73 Å². The molecule has 0 bridgehead atoms. The molecule has 5 heteroatoms. The summed E-state index contributed by atoms with van der Waals surface area (Å²) in [7, 11) is 0. The van der Waals surface area contributed by atoms with Gasteiger partial charge in [-0.2, -0.15) is 0 Å². The topological polar surface area (TPSA) is 67.6 Å². The van der Waals surface area contributed by atoms with Crippen molar-refractivity contribution in [3.8, 4) is 0 Å². The summed E-state index contributed by atoms with van der Waals surface area (Å²) in [6.45, 7) is 9.29. The van der Waals surface area contributed by atoms with Crippen molar-refractivity contribution in [3.05, 3.63) is 60.2 Å². The van der Waals surface area contributed by atoms with Crippen LogP contribution in [0.1, 0.15) is 39.2 Å². The number of rotatable bonds is 9. The number of hydrogen-bond donors (Lipinski definition) is 2. The van der Waals surface area contributed by atoms with Crippen molar-refractivity contribution in [1.82, 2.24) is 10.2 Å². The molecule has 1 amide bonds. The van der Waals surface area contributed by atoms with Crippen LogP contribution in [-0.2, 0) is 11.3 Å². The van der Waals surface area contributed by atoms with Crippen LogP contribution < -0.4 is 11.1 Å². The second kappa shape index (κ2) is 10.6. The van der Waals surface area contributed by atoms with Crippen molar-refractivity contribution in [2.45, 2.75) is 45.8 Å². The van der Waals surface area contributed by atoms with E-state index < -0.39 is 5.60 Å². The summed E-state index contributed by atoms with van der Waals surface area (Å²) in [5, 5.41) is 8.11. The Morgan fingerprint density at radius 3 is 2.13 bits per heavy atom. The Morgan fingerprint density at radius 1 is 0.968 bits per heavy atom. The fraction of sp³-hybridized carbons (Fsp3) is 0.423. The molecule has 3 rings (SSSR count). The van der Waals surface area contributed by atoms with Crippen LogP contribution in [0.4, 0.5) is 4.79 Å². The number of fused-ring (bicyclic) bond motifs is 2. The minimum Gasteiger partial charge on any atom is -0.444 e. The largest absolute Gasteiger partial charge is 0.444 e. The lowest BCUT2D eigenvalue weighted by molar-refractivity contribution is 0.0233. The monoisotopic (exact) mass is 421 g/mol. The van der Waals surface area contributed by atoms with Crippen LogP contribution in [0.15, 0.2) is 54.6 Å². The summed E-state index contributed by atoms with van der Waals surface area (Å²) in [6, 6.07) is 19.0. The van der Waals surface area contributed by atoms with Gasteiger partial charge < -0.3 is 20.7 Å². The fourth-order valence-electron chi connectivity index (χ4n) is 3.78. The van der Waals surface area contributed by atoms with E-state index in [0.717, 1.165) is 31.5 Å². The molecule has 0 spiro atoms. The molecule has 166 valence electrons. The number of carbonyl (C=O) groups is 1. The van der Waals surface area contributed by atoms with E-state index in [1.165, 1.54) is 21.5 Å². The van der Waals surface area contributed by atoms with E-state index in [1.54, 1.807) is 0 Å². The van der Waals surface area contributed by atoms with Gasteiger partial charge in [-0.1, -0.05) is 48.5 Å². The van der Waals surface area contributed by atoms with Gasteiger partial charge in [-0.25, -0.2) is 4.79 Å². The van der Waals surface area contributed by atoms with Crippen LogP contribution in [0.2, 0.25) is 0 Å². The molecule has 0 aliphatic carbocycles. The molecule has 0 heterocycles. The molecule has 3 aromatic rings. The predicted molar refractivity (Wildman–Crippen MR) is 129 cm³/mol. The Labute approximate surface area is 185 Å². The Balaban J connectivity index is 1.88. The number of ether oxygens (including phenoxy) is 1. The fourth-order valence-corrected chi connectivity index (χ4v) is 3.78. The molecule has 31 heavy (non-hydrogen) atoms. The lowest BCUT2D eigenvalue weighted by Crippen LogP contribution is -2.38. The van der Waals surface area contributed by atoms with E-state index in [2.05, 4.69) is 59.9 Å². The highest BCUT2D eigenvalue weighted by atomic mass is 16.6. The van der Waals surface area contributed by atoms with Crippen LogP contribution in [0.3, 0.4) is 0 Å². The van der Waals surface area contributed by atoms with Crippen molar-refractivity contribution in [3.63, 3.8) is 0 Å². The number of nitrogens with two attached hydrogens (primary N) is 1. The normalized spacial score (nSPS) is 11.7. The quantitative estimate of drug-likeness (QED) is 0.374. The van der Waals surface area contributed by atoms with Gasteiger partial charge in [0.25, 0.3) is 0 Å². The Bertz CT molecular complexity index is 956. The molecule has 0 aliphatic rings. The van der Waals surface area contributed by atoms with Crippen molar-refractivity contribution < 1.29 is 9.53 Å². The van der Waals surface area contributed by atoms with Crippen molar-refractivity contribution in [1.29, 1.82) is 0 Å². The predicted octanol–water partition coefficient (Wildman–Crippen LogP) is 5.06. The maximum absolute atomic E-state index is 13.1. The van der Waals surface area contributed by atoms with Crippen LogP contribution in [0, 0.1) is 0 Å². The maximum Gasteiger partial charge on any atom is 0.410 e. The highest BCUT2D eigenvalue weighted by Gasteiger charge is 2.23. The highest BCUT2D eigenvalue weighted by molar-refractivity contribution is 6.02. The SMILES string of the molecule is CC(C)(C)OC(=O)N(CCCNCCCN)Cc1c2ccccc2cc2ccccc12. The minimum absolute atomic E-state index is 0.272. The zero-order chi connectivity index (χ0) is 22.3. The Kier molecular flexibility index (Phi) is 7.88. The van der Waals surface area contributed by atoms with E-state index in [1.807, 2.05) is 25.7 Å². The molecule has 0 saturated heterocycles. The van der Waals surface area contributed by atoms with Crippen LogP contribution >= 0.6 is 0 Å². The Hall–Kier alpha value is -2.63. The van der Waals surface area contributed by atoms with Gasteiger partial charge in [0.15, 0.2) is 0 Å². The average molecular weight is 422 g/mol. The summed E-state index contributed by atoms with van der Waals surface area (Å²) in [6.07, 6.45) is 1.54. The Morgan fingerprint density at radius 2 is 1.55 bits per heavy atom. The van der Waals surface area contributed by atoms with E-state index >= 15 is 0 Å². The first-order chi connectivity index (χ1) is 14.9. The third kappa shape index (κ3) is 6.42. The van der Waals surface area contributed by atoms with E-state index in [0.29, 0.717) is 19.6 Å². The molecule has 0 aliphatic heterocycles. The zero-order valence-electron chi connectivity index (χ0n) is 19.0. The number of amides is 1. The zero-order valence-corrected chi connectivity index (χ0v) is 19.0. The second-order valence-electron chi connectivity index (χ2n) is 8.95. The van der Waals surface area contributed by atoms with E-state index in [9.17, 15) is 4.79 Å². The third-order valence-electron chi connectivity index (χ3n) is 5.22. The molecule has 3 N–H and O–H groups in total. The van der Waals surface area contributed by atoms with Gasteiger partial charge >= 0.3 is 6.09 Å². The van der Waals surface area contributed by atoms with Gasteiger partial charge in [-0.3, -0.25) is 0 Å². The van der Waals surface area contributed by atoms with Gasteiger partial charge in [-0.15, -0.1) is 0 Å². The molecular formula is C26H35N3O2. The molecule has 5 nitrogen and oxygen atoms in total. The first-order valence-corrected chi connectivity index (χ1v) is 11.2. The third-order valence-corrected chi connectivity index (χ3v) is 5.22. The molecule has 0 atom stereocenters. The first kappa shape index (κ1) is 23.0. The second-order valence-corrected chi connectivity index (χ2v) is 8.95. The number of nitrogens with zero attached hydrogens (tertiary/aromatic N) is 1. The molecule has 0 radical (unpaired) electrons. The molecule has 3 aromatic carbocycles. The lowest BCUT2D eigenvalue weighted by atomic mass is 9.96. The standard InChI is InChI=1S/C26H35N3O2/c1-26(2,3)31-25(30)29(17-9-16-28-15-8-14-27)19-24-22-12-6-4-10-20(22)18-21-11-5-7-13-23(21)24/h4-7,10-13,18,28H,8-9,14-17,19,27H2,1-3H3. The van der Waals surface area contributed by atoms with Gasteiger partial charge in [0, 0.05) is 6.54 Å². The number of benzene rings is 3. The molecule has 0 saturated carbocycles. The van der Waals surface area contributed by atoms with Crippen LogP contribution in [-0.4, -0.2) is 42.8 Å². The summed E-state index contributed by atoms with van der Waals surface area (Å²) in [5.74, 6) is 0. The number of hydrogen-bond acceptors (Lipinski definition) is 4. The number of nitrogens with one attached hydrogen (secondary N) is 1. The van der Waals surface area contributed by atoms with Crippen molar-refractivity contribution >= 4 is 27.6 Å². The number of carbonyl (C=O) groups excluding carboxylic acids is 1. The lowest BCUT2D eigenvalue weighted by Gasteiger charge is -2.28. The summed E-state index contributed by atoms with van der Waals surface area (Å²) < 4.78 is 5.74. The molecular weight excluding hydrogens is 386 g/mol.